The Labute approximate surface area is 184 Å². The molecule has 1 aromatic heterocycles. The number of halogens is 1. The minimum absolute atomic E-state index is 0.0955. The minimum Gasteiger partial charge on any atom is -0.377 e. The summed E-state index contributed by atoms with van der Waals surface area (Å²) in [6, 6.07) is 8.75. The van der Waals surface area contributed by atoms with Crippen molar-refractivity contribution in [1.29, 1.82) is 0 Å². The molecule has 1 heterocycles. The zero-order valence-corrected chi connectivity index (χ0v) is 19.2. The lowest BCUT2D eigenvalue weighted by Crippen LogP contribution is -2.32. The van der Waals surface area contributed by atoms with Crippen molar-refractivity contribution in [3.63, 3.8) is 0 Å². The molecule has 1 unspecified atom stereocenters. The number of benzene rings is 1. The van der Waals surface area contributed by atoms with Crippen molar-refractivity contribution in [2.75, 3.05) is 11.9 Å². The summed E-state index contributed by atoms with van der Waals surface area (Å²) in [5, 5.41) is 3.74. The second-order valence-electron chi connectivity index (χ2n) is 8.98. The highest BCUT2D eigenvalue weighted by Crippen LogP contribution is 2.57. The zero-order chi connectivity index (χ0) is 21.4. The SMILES string of the molecule is Cc1ncccc1C(C)Nc1ccc(Cl)cc1S(=O)(=O)NCC1CCC2(CC1)CC2. The fourth-order valence-corrected chi connectivity index (χ4v) is 6.13. The van der Waals surface area contributed by atoms with Crippen molar-refractivity contribution in [1.82, 2.24) is 9.71 Å². The summed E-state index contributed by atoms with van der Waals surface area (Å²) in [6.07, 6.45) is 9.18. The van der Waals surface area contributed by atoms with Crippen LogP contribution in [-0.4, -0.2) is 19.9 Å². The summed E-state index contributed by atoms with van der Waals surface area (Å²) < 4.78 is 29.1. The highest BCUT2D eigenvalue weighted by Gasteiger charge is 2.44. The fourth-order valence-electron chi connectivity index (χ4n) is 4.58. The Kier molecular flexibility index (Phi) is 6.11. The smallest absolute Gasteiger partial charge is 0.242 e. The van der Waals surface area contributed by atoms with Crippen molar-refractivity contribution in [3.05, 3.63) is 52.8 Å². The summed E-state index contributed by atoms with van der Waals surface area (Å²) in [7, 11) is -3.68. The number of aromatic nitrogens is 1. The number of anilines is 1. The number of nitrogens with one attached hydrogen (secondary N) is 2. The normalized spacial score (nSPS) is 19.6. The van der Waals surface area contributed by atoms with Gasteiger partial charge in [0.15, 0.2) is 0 Å². The highest BCUT2D eigenvalue weighted by molar-refractivity contribution is 7.89. The van der Waals surface area contributed by atoms with Crippen LogP contribution in [0.3, 0.4) is 0 Å². The molecule has 1 atom stereocenters. The number of sulfonamides is 1. The van der Waals surface area contributed by atoms with Gasteiger partial charge in [-0.1, -0.05) is 17.7 Å². The Morgan fingerprint density at radius 1 is 1.20 bits per heavy atom. The monoisotopic (exact) mass is 447 g/mol. The van der Waals surface area contributed by atoms with Crippen LogP contribution >= 0.6 is 11.6 Å². The van der Waals surface area contributed by atoms with Gasteiger partial charge in [0.05, 0.1) is 11.7 Å². The number of nitrogens with zero attached hydrogens (tertiary/aromatic N) is 1. The van der Waals surface area contributed by atoms with Crippen molar-refractivity contribution in [2.24, 2.45) is 11.3 Å². The van der Waals surface area contributed by atoms with Gasteiger partial charge < -0.3 is 5.32 Å². The van der Waals surface area contributed by atoms with Gasteiger partial charge in [-0.15, -0.1) is 0 Å². The first-order chi connectivity index (χ1) is 14.3. The summed E-state index contributed by atoms with van der Waals surface area (Å²) in [5.74, 6) is 0.415. The quantitative estimate of drug-likeness (QED) is 0.590. The molecule has 1 spiro atoms. The molecule has 162 valence electrons. The molecule has 0 amide bonds. The summed E-state index contributed by atoms with van der Waals surface area (Å²) >= 11 is 6.16. The zero-order valence-electron chi connectivity index (χ0n) is 17.6. The van der Waals surface area contributed by atoms with E-state index in [4.69, 9.17) is 11.6 Å². The van der Waals surface area contributed by atoms with Gasteiger partial charge in [-0.25, -0.2) is 13.1 Å². The summed E-state index contributed by atoms with van der Waals surface area (Å²) in [4.78, 5) is 4.52. The molecule has 0 radical (unpaired) electrons. The lowest BCUT2D eigenvalue weighted by Gasteiger charge is -2.28. The van der Waals surface area contributed by atoms with E-state index >= 15 is 0 Å². The van der Waals surface area contributed by atoms with Gasteiger partial charge in [0.25, 0.3) is 0 Å². The van der Waals surface area contributed by atoms with Crippen LogP contribution in [0.5, 0.6) is 0 Å². The molecular weight excluding hydrogens is 418 g/mol. The summed E-state index contributed by atoms with van der Waals surface area (Å²) in [5.41, 5.74) is 3.10. The van der Waals surface area contributed by atoms with Crippen LogP contribution < -0.4 is 10.0 Å². The average Bonchev–Trinajstić information content (AvgIpc) is 3.48. The molecule has 0 bridgehead atoms. The van der Waals surface area contributed by atoms with E-state index in [0.29, 0.717) is 28.6 Å². The third kappa shape index (κ3) is 4.82. The molecule has 2 aliphatic rings. The van der Waals surface area contributed by atoms with Crippen LogP contribution in [0.25, 0.3) is 0 Å². The van der Waals surface area contributed by atoms with Gasteiger partial charge in [0.1, 0.15) is 4.90 Å². The third-order valence-electron chi connectivity index (χ3n) is 6.80. The van der Waals surface area contributed by atoms with Gasteiger partial charge in [-0.3, -0.25) is 4.98 Å². The van der Waals surface area contributed by atoms with E-state index in [9.17, 15) is 8.42 Å². The molecular formula is C23H30ClN3O2S. The first-order valence-electron chi connectivity index (χ1n) is 10.8. The number of rotatable bonds is 7. The number of pyridine rings is 1. The van der Waals surface area contributed by atoms with E-state index in [2.05, 4.69) is 15.0 Å². The van der Waals surface area contributed by atoms with Crippen LogP contribution in [-0.2, 0) is 10.0 Å². The number of hydrogen-bond donors (Lipinski definition) is 2. The average molecular weight is 448 g/mol. The van der Waals surface area contributed by atoms with Gasteiger partial charge in [0.2, 0.25) is 10.0 Å². The van der Waals surface area contributed by atoms with Crippen LogP contribution in [0, 0.1) is 18.3 Å². The van der Waals surface area contributed by atoms with Crippen LogP contribution in [0.2, 0.25) is 5.02 Å². The van der Waals surface area contributed by atoms with Gasteiger partial charge in [0, 0.05) is 23.5 Å². The van der Waals surface area contributed by atoms with Gasteiger partial charge in [-0.05, 0) is 93.5 Å². The predicted molar refractivity (Wildman–Crippen MR) is 121 cm³/mol. The van der Waals surface area contributed by atoms with E-state index in [0.717, 1.165) is 24.1 Å². The van der Waals surface area contributed by atoms with E-state index in [1.54, 1.807) is 18.3 Å². The molecule has 0 aliphatic heterocycles. The van der Waals surface area contributed by atoms with E-state index < -0.39 is 10.0 Å². The molecule has 4 rings (SSSR count). The Morgan fingerprint density at radius 2 is 1.93 bits per heavy atom. The number of aryl methyl sites for hydroxylation is 1. The minimum atomic E-state index is -3.68. The Morgan fingerprint density at radius 3 is 2.60 bits per heavy atom. The molecule has 2 fully saturated rings. The van der Waals surface area contributed by atoms with Crippen LogP contribution in [0.15, 0.2) is 41.4 Å². The molecule has 30 heavy (non-hydrogen) atoms. The third-order valence-corrected chi connectivity index (χ3v) is 8.50. The summed E-state index contributed by atoms with van der Waals surface area (Å²) in [6.45, 7) is 4.43. The fraction of sp³-hybridized carbons (Fsp3) is 0.522. The molecule has 1 aromatic carbocycles. The Balaban J connectivity index is 1.48. The lowest BCUT2D eigenvalue weighted by atomic mass is 9.80. The molecule has 2 aliphatic carbocycles. The molecule has 7 heteroatoms. The molecule has 2 N–H and O–H groups in total. The first kappa shape index (κ1) is 21.6. The lowest BCUT2D eigenvalue weighted by molar-refractivity contribution is 0.258. The van der Waals surface area contributed by atoms with Crippen molar-refractivity contribution < 1.29 is 8.42 Å². The second-order valence-corrected chi connectivity index (χ2v) is 11.2. The van der Waals surface area contributed by atoms with E-state index in [1.807, 2.05) is 26.0 Å². The van der Waals surface area contributed by atoms with Crippen molar-refractivity contribution >= 4 is 27.3 Å². The predicted octanol–water partition coefficient (Wildman–Crippen LogP) is 5.47. The maximum Gasteiger partial charge on any atom is 0.242 e. The van der Waals surface area contributed by atoms with Gasteiger partial charge >= 0.3 is 0 Å². The first-order valence-corrected chi connectivity index (χ1v) is 12.6. The van der Waals surface area contributed by atoms with Crippen molar-refractivity contribution in [3.8, 4) is 0 Å². The molecule has 5 nitrogen and oxygen atoms in total. The second kappa shape index (κ2) is 8.48. The Bertz CT molecular complexity index is 1010. The van der Waals surface area contributed by atoms with Crippen molar-refractivity contribution in [2.45, 2.75) is 63.3 Å². The maximum absolute atomic E-state index is 13.2. The maximum atomic E-state index is 13.2. The Hall–Kier alpha value is -1.63. The molecule has 2 saturated carbocycles. The van der Waals surface area contributed by atoms with Crippen LogP contribution in [0.4, 0.5) is 5.69 Å². The standard InChI is InChI=1S/C23H30ClN3O2S/c1-16-20(4-3-13-25-16)17(2)27-21-6-5-19(24)14-22(21)30(28,29)26-15-18-7-9-23(10-8-18)11-12-23/h3-6,13-14,17-18,26-27H,7-12,15H2,1-2H3. The topological polar surface area (TPSA) is 71.1 Å². The largest absolute Gasteiger partial charge is 0.377 e. The van der Waals surface area contributed by atoms with E-state index in [-0.39, 0.29) is 10.9 Å². The number of hydrogen-bond acceptors (Lipinski definition) is 4. The van der Waals surface area contributed by atoms with E-state index in [1.165, 1.54) is 31.7 Å². The highest BCUT2D eigenvalue weighted by atomic mass is 35.5. The van der Waals surface area contributed by atoms with Gasteiger partial charge in [-0.2, -0.15) is 0 Å². The molecule has 0 saturated heterocycles. The molecule has 2 aromatic rings. The van der Waals surface area contributed by atoms with Crippen LogP contribution in [0.1, 0.15) is 62.7 Å².